The summed E-state index contributed by atoms with van der Waals surface area (Å²) in [6.07, 6.45) is 3.83. The second-order valence-electron chi connectivity index (χ2n) is 5.30. The van der Waals surface area contributed by atoms with Crippen molar-refractivity contribution in [3.8, 4) is 0 Å². The van der Waals surface area contributed by atoms with Gasteiger partial charge in [-0.15, -0.1) is 0 Å². The fourth-order valence-electron chi connectivity index (χ4n) is 2.65. The predicted octanol–water partition coefficient (Wildman–Crippen LogP) is 1.08. The van der Waals surface area contributed by atoms with Gasteiger partial charge in [0.2, 0.25) is 0 Å². The van der Waals surface area contributed by atoms with E-state index in [1.807, 2.05) is 0 Å². The van der Waals surface area contributed by atoms with Crippen molar-refractivity contribution in [2.75, 3.05) is 39.4 Å². The van der Waals surface area contributed by atoms with Crippen LogP contribution in [-0.4, -0.2) is 44.3 Å². The van der Waals surface area contributed by atoms with Crippen molar-refractivity contribution in [3.63, 3.8) is 0 Å². The van der Waals surface area contributed by atoms with E-state index < -0.39 is 0 Å². The summed E-state index contributed by atoms with van der Waals surface area (Å²) in [4.78, 5) is 2.61. The quantitative estimate of drug-likeness (QED) is 0.758. The zero-order valence-corrected chi connectivity index (χ0v) is 9.87. The lowest BCUT2D eigenvalue weighted by molar-refractivity contribution is -0.130. The smallest absolute Gasteiger partial charge is 0.0557 e. The van der Waals surface area contributed by atoms with E-state index in [1.165, 1.54) is 38.9 Å². The molecule has 0 atom stereocenters. The second kappa shape index (κ2) is 4.81. The number of hydrogen-bond donors (Lipinski definition) is 1. The first-order valence-corrected chi connectivity index (χ1v) is 6.28. The minimum atomic E-state index is 0.482. The average Bonchev–Trinajstić information content (AvgIpc) is 2.24. The van der Waals surface area contributed by atoms with Crippen LogP contribution in [0.15, 0.2) is 0 Å². The molecule has 2 N–H and O–H groups in total. The molecule has 15 heavy (non-hydrogen) atoms. The van der Waals surface area contributed by atoms with Crippen molar-refractivity contribution in [1.82, 2.24) is 4.90 Å². The van der Waals surface area contributed by atoms with Gasteiger partial charge < -0.3 is 15.4 Å². The normalized spacial score (nSPS) is 27.6. The van der Waals surface area contributed by atoms with E-state index in [1.54, 1.807) is 0 Å². The number of hydrogen-bond acceptors (Lipinski definition) is 3. The Morgan fingerprint density at radius 3 is 2.40 bits per heavy atom. The molecule has 0 radical (unpaired) electrons. The summed E-state index contributed by atoms with van der Waals surface area (Å²) in [6.45, 7) is 8.82. The summed E-state index contributed by atoms with van der Waals surface area (Å²) in [5, 5.41) is 0. The summed E-state index contributed by atoms with van der Waals surface area (Å²) in [6, 6.07) is 0. The summed E-state index contributed by atoms with van der Waals surface area (Å²) >= 11 is 0. The van der Waals surface area contributed by atoms with Gasteiger partial charge in [-0.1, -0.05) is 6.92 Å². The van der Waals surface area contributed by atoms with Crippen LogP contribution < -0.4 is 5.73 Å². The average molecular weight is 212 g/mol. The summed E-state index contributed by atoms with van der Waals surface area (Å²) < 4.78 is 5.37. The van der Waals surface area contributed by atoms with Gasteiger partial charge in [0.1, 0.15) is 0 Å². The third-order valence-electron chi connectivity index (χ3n) is 4.17. The molecule has 3 nitrogen and oxygen atoms in total. The van der Waals surface area contributed by atoms with E-state index >= 15 is 0 Å². The van der Waals surface area contributed by atoms with Crippen LogP contribution >= 0.6 is 0 Å². The van der Waals surface area contributed by atoms with Gasteiger partial charge in [0.25, 0.3) is 0 Å². The van der Waals surface area contributed by atoms with Crippen LogP contribution in [0.4, 0.5) is 0 Å². The summed E-state index contributed by atoms with van der Waals surface area (Å²) in [7, 11) is 0. The lowest BCUT2D eigenvalue weighted by atomic mass is 9.82. The first-order valence-electron chi connectivity index (χ1n) is 6.28. The minimum Gasteiger partial charge on any atom is -0.380 e. The molecular weight excluding hydrogens is 188 g/mol. The first-order chi connectivity index (χ1) is 7.28. The van der Waals surface area contributed by atoms with Crippen molar-refractivity contribution in [1.29, 1.82) is 0 Å². The SMILES string of the molecule is CCC1(CN2CCC(CN)CC2)COC1. The van der Waals surface area contributed by atoms with Crippen molar-refractivity contribution >= 4 is 0 Å². The van der Waals surface area contributed by atoms with Crippen molar-refractivity contribution in [2.24, 2.45) is 17.1 Å². The minimum absolute atomic E-state index is 0.482. The molecule has 0 bridgehead atoms. The molecule has 0 aromatic rings. The lowest BCUT2D eigenvalue weighted by Gasteiger charge is -2.45. The highest BCUT2D eigenvalue weighted by molar-refractivity contribution is 4.88. The number of rotatable bonds is 4. The van der Waals surface area contributed by atoms with E-state index in [0.29, 0.717) is 5.41 Å². The van der Waals surface area contributed by atoms with Crippen LogP contribution in [-0.2, 0) is 4.74 Å². The van der Waals surface area contributed by atoms with E-state index in [0.717, 1.165) is 25.7 Å². The number of ether oxygens (including phenoxy) is 1. The van der Waals surface area contributed by atoms with Crippen LogP contribution in [0.5, 0.6) is 0 Å². The molecule has 0 spiro atoms. The molecular formula is C12H24N2O. The van der Waals surface area contributed by atoms with Crippen LogP contribution in [0, 0.1) is 11.3 Å². The third-order valence-corrected chi connectivity index (χ3v) is 4.17. The molecule has 2 fully saturated rings. The Morgan fingerprint density at radius 2 is 2.00 bits per heavy atom. The van der Waals surface area contributed by atoms with Gasteiger partial charge in [-0.25, -0.2) is 0 Å². The monoisotopic (exact) mass is 212 g/mol. The predicted molar refractivity (Wildman–Crippen MR) is 61.8 cm³/mol. The maximum Gasteiger partial charge on any atom is 0.0557 e. The maximum absolute atomic E-state index is 5.70. The molecule has 0 aromatic heterocycles. The zero-order valence-electron chi connectivity index (χ0n) is 9.87. The molecule has 0 saturated carbocycles. The summed E-state index contributed by atoms with van der Waals surface area (Å²) in [5.74, 6) is 0.775. The Morgan fingerprint density at radius 1 is 1.33 bits per heavy atom. The Balaban J connectivity index is 1.76. The molecule has 0 aliphatic carbocycles. The number of piperidine rings is 1. The van der Waals surface area contributed by atoms with Gasteiger partial charge in [-0.05, 0) is 44.8 Å². The molecule has 2 heterocycles. The Hall–Kier alpha value is -0.120. The van der Waals surface area contributed by atoms with E-state index in [2.05, 4.69) is 11.8 Å². The van der Waals surface area contributed by atoms with Crippen LogP contribution in [0.25, 0.3) is 0 Å². The largest absolute Gasteiger partial charge is 0.380 e. The van der Waals surface area contributed by atoms with Crippen LogP contribution in [0.1, 0.15) is 26.2 Å². The van der Waals surface area contributed by atoms with Crippen molar-refractivity contribution in [2.45, 2.75) is 26.2 Å². The summed E-state index contributed by atoms with van der Waals surface area (Å²) in [5.41, 5.74) is 6.18. The molecule has 88 valence electrons. The highest BCUT2D eigenvalue weighted by atomic mass is 16.5. The Labute approximate surface area is 93.0 Å². The lowest BCUT2D eigenvalue weighted by Crippen LogP contribution is -2.52. The fourth-order valence-corrected chi connectivity index (χ4v) is 2.65. The highest BCUT2D eigenvalue weighted by Crippen LogP contribution is 2.33. The molecule has 0 amide bonds. The highest BCUT2D eigenvalue weighted by Gasteiger charge is 2.38. The molecule has 3 heteroatoms. The van der Waals surface area contributed by atoms with E-state index in [4.69, 9.17) is 10.5 Å². The Kier molecular flexibility index (Phi) is 3.65. The van der Waals surface area contributed by atoms with Crippen molar-refractivity contribution in [3.05, 3.63) is 0 Å². The van der Waals surface area contributed by atoms with Crippen LogP contribution in [0.2, 0.25) is 0 Å². The maximum atomic E-state index is 5.70. The molecule has 2 saturated heterocycles. The number of likely N-dealkylation sites (tertiary alicyclic amines) is 1. The van der Waals surface area contributed by atoms with Gasteiger partial charge in [-0.3, -0.25) is 0 Å². The van der Waals surface area contributed by atoms with E-state index in [9.17, 15) is 0 Å². The molecule has 0 aromatic carbocycles. The number of nitrogens with zero attached hydrogens (tertiary/aromatic N) is 1. The first kappa shape index (κ1) is 11.4. The van der Waals surface area contributed by atoms with Gasteiger partial charge in [0.05, 0.1) is 13.2 Å². The van der Waals surface area contributed by atoms with Crippen molar-refractivity contribution < 1.29 is 4.74 Å². The standard InChI is InChI=1S/C12H24N2O/c1-2-12(9-15-10-12)8-14-5-3-11(7-13)4-6-14/h11H,2-10,13H2,1H3. The molecule has 2 aliphatic rings. The van der Waals surface area contributed by atoms with E-state index in [-0.39, 0.29) is 0 Å². The van der Waals surface area contributed by atoms with Gasteiger partial charge in [-0.2, -0.15) is 0 Å². The van der Waals surface area contributed by atoms with Gasteiger partial charge in [0.15, 0.2) is 0 Å². The topological polar surface area (TPSA) is 38.5 Å². The van der Waals surface area contributed by atoms with Crippen LogP contribution in [0.3, 0.4) is 0 Å². The second-order valence-corrected chi connectivity index (χ2v) is 5.30. The van der Waals surface area contributed by atoms with Gasteiger partial charge >= 0.3 is 0 Å². The Bertz CT molecular complexity index is 190. The fraction of sp³-hybridized carbons (Fsp3) is 1.00. The molecule has 2 aliphatic heterocycles. The zero-order chi connectivity index (χ0) is 10.7. The number of nitrogens with two attached hydrogens (primary N) is 1. The third kappa shape index (κ3) is 2.52. The molecule has 2 rings (SSSR count). The van der Waals surface area contributed by atoms with Gasteiger partial charge in [0, 0.05) is 12.0 Å². The molecule has 0 unspecified atom stereocenters.